The topological polar surface area (TPSA) is 0 Å². The molecule has 0 aromatic carbocycles. The van der Waals surface area contributed by atoms with Gasteiger partial charge in [0, 0.05) is 9.34 Å². The molecular formula is C12H21I. The van der Waals surface area contributed by atoms with Gasteiger partial charge in [-0.05, 0) is 26.7 Å². The Kier molecular flexibility index (Phi) is 4.27. The smallest absolute Gasteiger partial charge is 0.0210 e. The van der Waals surface area contributed by atoms with Crippen LogP contribution in [-0.4, -0.2) is 3.92 Å². The van der Waals surface area contributed by atoms with E-state index in [1.54, 1.807) is 0 Å². The van der Waals surface area contributed by atoms with Crippen LogP contribution in [0.4, 0.5) is 0 Å². The van der Waals surface area contributed by atoms with Gasteiger partial charge in [-0.2, -0.15) is 0 Å². The minimum atomic E-state index is 0.606. The van der Waals surface area contributed by atoms with Crippen LogP contribution in [0.3, 0.4) is 0 Å². The molecule has 1 heteroatoms. The van der Waals surface area contributed by atoms with Gasteiger partial charge in [0.25, 0.3) is 0 Å². The first-order valence-electron chi connectivity index (χ1n) is 5.41. The summed E-state index contributed by atoms with van der Waals surface area (Å²) in [4.78, 5) is 0. The van der Waals surface area contributed by atoms with Gasteiger partial charge < -0.3 is 0 Å². The minimum absolute atomic E-state index is 0.606. The highest BCUT2D eigenvalue weighted by Crippen LogP contribution is 2.57. The number of allylic oxidation sites excluding steroid dienone is 2. The highest BCUT2D eigenvalue weighted by molar-refractivity contribution is 14.1. The monoisotopic (exact) mass is 292 g/mol. The van der Waals surface area contributed by atoms with Gasteiger partial charge in [-0.3, -0.25) is 0 Å². The van der Waals surface area contributed by atoms with Gasteiger partial charge in [0.2, 0.25) is 0 Å². The lowest BCUT2D eigenvalue weighted by Gasteiger charge is -2.11. The Labute approximate surface area is 96.3 Å². The summed E-state index contributed by atoms with van der Waals surface area (Å²) in [7, 11) is 0. The standard InChI is InChI=1S/C12H21I/c1-4-5-6-7-12(8-10(2)3)9-11(12)13/h8,11H,4-7,9H2,1-3H3/t11-,12+/m0/s1. The fourth-order valence-electron chi connectivity index (χ4n) is 2.03. The van der Waals surface area contributed by atoms with Crippen molar-refractivity contribution in [3.05, 3.63) is 11.6 Å². The number of hydrogen-bond donors (Lipinski definition) is 0. The van der Waals surface area contributed by atoms with Crippen LogP contribution < -0.4 is 0 Å². The summed E-state index contributed by atoms with van der Waals surface area (Å²) in [6.45, 7) is 6.73. The molecule has 2 atom stereocenters. The summed E-state index contributed by atoms with van der Waals surface area (Å²) in [6, 6.07) is 0. The van der Waals surface area contributed by atoms with Crippen LogP contribution in [0.25, 0.3) is 0 Å². The van der Waals surface area contributed by atoms with Gasteiger partial charge >= 0.3 is 0 Å². The Morgan fingerprint density at radius 3 is 2.46 bits per heavy atom. The maximum absolute atomic E-state index is 2.61. The Hall–Kier alpha value is 0.470. The van der Waals surface area contributed by atoms with Gasteiger partial charge in [0.05, 0.1) is 0 Å². The van der Waals surface area contributed by atoms with Crippen LogP contribution in [0.2, 0.25) is 0 Å². The van der Waals surface area contributed by atoms with E-state index in [4.69, 9.17) is 0 Å². The molecule has 0 aromatic heterocycles. The second-order valence-electron chi connectivity index (χ2n) is 4.58. The van der Waals surface area contributed by atoms with Gasteiger partial charge in [-0.1, -0.05) is 60.4 Å². The third-order valence-corrected chi connectivity index (χ3v) is 4.53. The Bertz CT molecular complexity index is 191. The van der Waals surface area contributed by atoms with Crippen molar-refractivity contribution in [2.45, 2.75) is 56.8 Å². The SMILES string of the molecule is CCCCC[C@@]1(C=C(C)C)C[C@@H]1I. The molecule has 1 rings (SSSR count). The fourth-order valence-corrected chi connectivity index (χ4v) is 3.35. The first-order valence-corrected chi connectivity index (χ1v) is 6.65. The van der Waals surface area contributed by atoms with Crippen LogP contribution in [-0.2, 0) is 0 Å². The highest BCUT2D eigenvalue weighted by Gasteiger charge is 2.49. The van der Waals surface area contributed by atoms with E-state index >= 15 is 0 Å². The highest BCUT2D eigenvalue weighted by atomic mass is 127. The fraction of sp³-hybridized carbons (Fsp3) is 0.833. The van der Waals surface area contributed by atoms with Crippen LogP contribution >= 0.6 is 22.6 Å². The van der Waals surface area contributed by atoms with Crippen LogP contribution in [0, 0.1) is 5.41 Å². The lowest BCUT2D eigenvalue weighted by molar-refractivity contribution is 0.532. The molecule has 0 saturated heterocycles. The zero-order valence-electron chi connectivity index (χ0n) is 9.07. The largest absolute Gasteiger partial charge is 0.0816 e. The Morgan fingerprint density at radius 1 is 1.46 bits per heavy atom. The number of hydrogen-bond acceptors (Lipinski definition) is 0. The van der Waals surface area contributed by atoms with Crippen molar-refractivity contribution >= 4 is 22.6 Å². The molecular weight excluding hydrogens is 271 g/mol. The van der Waals surface area contributed by atoms with Crippen molar-refractivity contribution in [1.82, 2.24) is 0 Å². The number of alkyl halides is 1. The zero-order chi connectivity index (χ0) is 9.90. The van der Waals surface area contributed by atoms with Crippen molar-refractivity contribution in [3.63, 3.8) is 0 Å². The maximum atomic E-state index is 2.61. The van der Waals surface area contributed by atoms with E-state index in [2.05, 4.69) is 49.4 Å². The summed E-state index contributed by atoms with van der Waals surface area (Å²) >= 11 is 2.61. The maximum Gasteiger partial charge on any atom is 0.0210 e. The normalized spacial score (nSPS) is 31.5. The molecule has 0 bridgehead atoms. The molecule has 0 aliphatic heterocycles. The Morgan fingerprint density at radius 2 is 2.08 bits per heavy atom. The lowest BCUT2D eigenvalue weighted by atomic mass is 9.96. The molecule has 0 aromatic rings. The number of halogens is 1. The van der Waals surface area contributed by atoms with Crippen molar-refractivity contribution < 1.29 is 0 Å². The van der Waals surface area contributed by atoms with Crippen LogP contribution in [0.15, 0.2) is 11.6 Å². The number of rotatable bonds is 5. The molecule has 1 aliphatic carbocycles. The first kappa shape index (κ1) is 11.5. The van der Waals surface area contributed by atoms with Gasteiger partial charge in [-0.15, -0.1) is 0 Å². The van der Waals surface area contributed by atoms with E-state index in [0.29, 0.717) is 5.41 Å². The summed E-state index contributed by atoms with van der Waals surface area (Å²) in [5.74, 6) is 0. The molecule has 1 saturated carbocycles. The van der Waals surface area contributed by atoms with E-state index < -0.39 is 0 Å². The van der Waals surface area contributed by atoms with Crippen LogP contribution in [0.1, 0.15) is 52.9 Å². The number of unbranched alkanes of at least 4 members (excludes halogenated alkanes) is 2. The molecule has 0 amide bonds. The molecule has 0 nitrogen and oxygen atoms in total. The predicted octanol–water partition coefficient (Wildman–Crippen LogP) is 4.73. The van der Waals surface area contributed by atoms with E-state index in [-0.39, 0.29) is 0 Å². The van der Waals surface area contributed by atoms with Crippen LogP contribution in [0.5, 0.6) is 0 Å². The molecule has 76 valence electrons. The van der Waals surface area contributed by atoms with Gasteiger partial charge in [0.1, 0.15) is 0 Å². The molecule has 1 fully saturated rings. The summed E-state index contributed by atoms with van der Waals surface area (Å²) in [6.07, 6.45) is 9.51. The summed E-state index contributed by atoms with van der Waals surface area (Å²) in [5, 5.41) is 0. The third-order valence-electron chi connectivity index (χ3n) is 2.84. The zero-order valence-corrected chi connectivity index (χ0v) is 11.2. The molecule has 0 radical (unpaired) electrons. The molecule has 0 spiro atoms. The Balaban J connectivity index is 2.39. The second-order valence-corrected chi connectivity index (χ2v) is 6.09. The van der Waals surface area contributed by atoms with Gasteiger partial charge in [-0.25, -0.2) is 0 Å². The van der Waals surface area contributed by atoms with Crippen molar-refractivity contribution in [3.8, 4) is 0 Å². The summed E-state index contributed by atoms with van der Waals surface area (Å²) in [5.41, 5.74) is 2.10. The predicted molar refractivity (Wildman–Crippen MR) is 68.4 cm³/mol. The van der Waals surface area contributed by atoms with E-state index in [1.807, 2.05) is 0 Å². The average molecular weight is 292 g/mol. The van der Waals surface area contributed by atoms with E-state index in [0.717, 1.165) is 3.92 Å². The lowest BCUT2D eigenvalue weighted by Crippen LogP contribution is -2.00. The first-order chi connectivity index (χ1) is 6.10. The molecule has 0 N–H and O–H groups in total. The molecule has 1 aliphatic rings. The van der Waals surface area contributed by atoms with Gasteiger partial charge in [0.15, 0.2) is 0 Å². The van der Waals surface area contributed by atoms with Crippen molar-refractivity contribution in [2.24, 2.45) is 5.41 Å². The van der Waals surface area contributed by atoms with E-state index in [1.165, 1.54) is 37.7 Å². The molecule has 13 heavy (non-hydrogen) atoms. The third kappa shape index (κ3) is 3.26. The van der Waals surface area contributed by atoms with Crippen molar-refractivity contribution in [1.29, 1.82) is 0 Å². The average Bonchev–Trinajstić information content (AvgIpc) is 2.60. The second kappa shape index (κ2) is 4.81. The van der Waals surface area contributed by atoms with E-state index in [9.17, 15) is 0 Å². The van der Waals surface area contributed by atoms with Crippen molar-refractivity contribution in [2.75, 3.05) is 0 Å². The summed E-state index contributed by atoms with van der Waals surface area (Å²) < 4.78 is 0.914. The minimum Gasteiger partial charge on any atom is -0.0816 e. The molecule has 0 unspecified atom stereocenters. The molecule has 0 heterocycles. The quantitative estimate of drug-likeness (QED) is 0.297.